The zero-order valence-corrected chi connectivity index (χ0v) is 12.5. The summed E-state index contributed by atoms with van der Waals surface area (Å²) in [5, 5.41) is 4.13. The number of aromatic nitrogens is 1. The van der Waals surface area contributed by atoms with Gasteiger partial charge >= 0.3 is 0 Å². The smallest absolute Gasteiger partial charge is 0.137 e. The Labute approximate surface area is 134 Å². The average Bonchev–Trinajstić information content (AvgIpc) is 2.72. The molecule has 0 atom stereocenters. The van der Waals surface area contributed by atoms with E-state index in [1.54, 1.807) is 6.20 Å². The normalized spacial score (nSPS) is 12.5. The second kappa shape index (κ2) is 5.32. The summed E-state index contributed by atoms with van der Waals surface area (Å²) in [5.74, 6) is 0.858. The van der Waals surface area contributed by atoms with Crippen LogP contribution in [0.15, 0.2) is 66.9 Å². The fourth-order valence-corrected chi connectivity index (χ4v) is 2.88. The summed E-state index contributed by atoms with van der Waals surface area (Å²) in [5.41, 5.74) is 5.45. The molecule has 2 aromatic carbocycles. The van der Waals surface area contributed by atoms with Gasteiger partial charge < -0.3 is 5.32 Å². The monoisotopic (exact) mass is 304 g/mol. The Morgan fingerprint density at radius 1 is 0.909 bits per heavy atom. The summed E-state index contributed by atoms with van der Waals surface area (Å²) in [6, 6.07) is 20.2. The third-order valence-electron chi connectivity index (χ3n) is 3.75. The van der Waals surface area contributed by atoms with E-state index < -0.39 is 0 Å². The molecule has 0 saturated heterocycles. The molecule has 2 heterocycles. The molecule has 106 valence electrons. The molecule has 3 aromatic rings. The zero-order chi connectivity index (χ0) is 14.9. The zero-order valence-electron chi connectivity index (χ0n) is 11.8. The minimum Gasteiger partial charge on any atom is -0.339 e. The molecule has 1 aliphatic rings. The number of hydrogen-bond acceptors (Lipinski definition) is 2. The topological polar surface area (TPSA) is 24.9 Å². The molecular formula is C19H13ClN2. The quantitative estimate of drug-likeness (QED) is 0.510. The van der Waals surface area contributed by atoms with Crippen LogP contribution in [-0.4, -0.2) is 4.98 Å². The predicted octanol–water partition coefficient (Wildman–Crippen LogP) is 5.38. The molecule has 0 fully saturated rings. The number of halogens is 1. The molecule has 0 aliphatic carbocycles. The Morgan fingerprint density at radius 2 is 1.77 bits per heavy atom. The first kappa shape index (κ1) is 13.1. The van der Waals surface area contributed by atoms with Gasteiger partial charge in [-0.3, -0.25) is 0 Å². The highest BCUT2D eigenvalue weighted by Gasteiger charge is 2.16. The number of nitrogens with zero attached hydrogens (tertiary/aromatic N) is 1. The minimum atomic E-state index is 0.723. The van der Waals surface area contributed by atoms with Crippen LogP contribution in [0, 0.1) is 0 Å². The maximum atomic E-state index is 6.22. The largest absolute Gasteiger partial charge is 0.339 e. The molecule has 1 N–H and O–H groups in total. The first-order valence-corrected chi connectivity index (χ1v) is 7.48. The van der Waals surface area contributed by atoms with Crippen LogP contribution < -0.4 is 5.32 Å². The van der Waals surface area contributed by atoms with Crippen LogP contribution in [0.1, 0.15) is 16.7 Å². The number of hydrogen-bond donors (Lipinski definition) is 1. The molecule has 4 rings (SSSR count). The Balaban J connectivity index is 2.01. The average molecular weight is 305 g/mol. The lowest BCUT2D eigenvalue weighted by molar-refractivity contribution is 1.30. The highest BCUT2D eigenvalue weighted by Crippen LogP contribution is 2.38. The fourth-order valence-electron chi connectivity index (χ4n) is 2.70. The lowest BCUT2D eigenvalue weighted by Gasteiger charge is -2.12. The first-order valence-electron chi connectivity index (χ1n) is 7.10. The van der Waals surface area contributed by atoms with Crippen molar-refractivity contribution in [3.05, 3.63) is 88.6 Å². The van der Waals surface area contributed by atoms with E-state index in [1.807, 2.05) is 42.5 Å². The summed E-state index contributed by atoms with van der Waals surface area (Å²) in [6.07, 6.45) is 3.95. The number of fused-ring (bicyclic) bond motifs is 2. The molecule has 1 aliphatic heterocycles. The number of benzene rings is 2. The van der Waals surface area contributed by atoms with Gasteiger partial charge in [-0.25, -0.2) is 4.98 Å². The molecule has 0 radical (unpaired) electrons. The number of rotatable bonds is 1. The predicted molar refractivity (Wildman–Crippen MR) is 92.4 cm³/mol. The molecule has 0 unspecified atom stereocenters. The Hall–Kier alpha value is -2.58. The van der Waals surface area contributed by atoms with Gasteiger partial charge in [0, 0.05) is 28.0 Å². The molecule has 0 saturated carbocycles. The summed E-state index contributed by atoms with van der Waals surface area (Å²) in [6.45, 7) is 0. The van der Waals surface area contributed by atoms with Crippen LogP contribution in [-0.2, 0) is 0 Å². The molecule has 2 nitrogen and oxygen atoms in total. The van der Waals surface area contributed by atoms with Gasteiger partial charge in [-0.05, 0) is 47.5 Å². The summed E-state index contributed by atoms with van der Waals surface area (Å²) < 4.78 is 0. The van der Waals surface area contributed by atoms with E-state index in [0.29, 0.717) is 0 Å². The SMILES string of the molecule is Clc1ccc2c(c1)C(c1ccccc1)=Cc1cccnc1N2. The third kappa shape index (κ3) is 2.28. The van der Waals surface area contributed by atoms with Gasteiger partial charge in [-0.2, -0.15) is 0 Å². The molecule has 0 bridgehead atoms. The van der Waals surface area contributed by atoms with Crippen molar-refractivity contribution in [3.8, 4) is 0 Å². The van der Waals surface area contributed by atoms with Crippen LogP contribution in [0.3, 0.4) is 0 Å². The van der Waals surface area contributed by atoms with Crippen molar-refractivity contribution in [2.45, 2.75) is 0 Å². The van der Waals surface area contributed by atoms with E-state index in [9.17, 15) is 0 Å². The minimum absolute atomic E-state index is 0.723. The Morgan fingerprint density at radius 3 is 2.64 bits per heavy atom. The molecule has 0 amide bonds. The second-order valence-electron chi connectivity index (χ2n) is 5.18. The van der Waals surface area contributed by atoms with Crippen molar-refractivity contribution in [1.82, 2.24) is 4.98 Å². The van der Waals surface area contributed by atoms with E-state index in [1.165, 1.54) is 0 Å². The van der Waals surface area contributed by atoms with Gasteiger partial charge in [-0.15, -0.1) is 0 Å². The molecule has 3 heteroatoms. The standard InChI is InChI=1S/C19H13ClN2/c20-15-8-9-18-17(12-15)16(13-5-2-1-3-6-13)11-14-7-4-10-21-19(14)22-18/h1-12H,(H,21,22). The number of pyridine rings is 1. The highest BCUT2D eigenvalue weighted by molar-refractivity contribution is 6.31. The van der Waals surface area contributed by atoms with Crippen molar-refractivity contribution in [1.29, 1.82) is 0 Å². The summed E-state index contributed by atoms with van der Waals surface area (Å²) >= 11 is 6.22. The molecule has 0 spiro atoms. The fraction of sp³-hybridized carbons (Fsp3) is 0. The van der Waals surface area contributed by atoms with Crippen molar-refractivity contribution in [2.75, 3.05) is 5.32 Å². The van der Waals surface area contributed by atoms with Crippen molar-refractivity contribution >= 4 is 34.8 Å². The lowest BCUT2D eigenvalue weighted by Crippen LogP contribution is -1.96. The van der Waals surface area contributed by atoms with E-state index in [0.717, 1.165) is 38.8 Å². The summed E-state index contributed by atoms with van der Waals surface area (Å²) in [7, 11) is 0. The molecular weight excluding hydrogens is 292 g/mol. The van der Waals surface area contributed by atoms with Gasteiger partial charge in [0.05, 0.1) is 0 Å². The van der Waals surface area contributed by atoms with Crippen molar-refractivity contribution in [3.63, 3.8) is 0 Å². The third-order valence-corrected chi connectivity index (χ3v) is 3.98. The second-order valence-corrected chi connectivity index (χ2v) is 5.62. The van der Waals surface area contributed by atoms with E-state index in [2.05, 4.69) is 34.6 Å². The maximum Gasteiger partial charge on any atom is 0.137 e. The maximum absolute atomic E-state index is 6.22. The van der Waals surface area contributed by atoms with Crippen molar-refractivity contribution < 1.29 is 0 Å². The van der Waals surface area contributed by atoms with Gasteiger partial charge in [0.15, 0.2) is 0 Å². The Kier molecular flexibility index (Phi) is 3.17. The Bertz CT molecular complexity index is 870. The molecule has 1 aromatic heterocycles. The van der Waals surface area contributed by atoms with E-state index in [4.69, 9.17) is 11.6 Å². The number of anilines is 2. The van der Waals surface area contributed by atoms with Crippen LogP contribution in [0.4, 0.5) is 11.5 Å². The number of nitrogens with one attached hydrogen (secondary N) is 1. The van der Waals surface area contributed by atoms with Crippen molar-refractivity contribution in [2.24, 2.45) is 0 Å². The van der Waals surface area contributed by atoms with Crippen LogP contribution >= 0.6 is 11.6 Å². The van der Waals surface area contributed by atoms with Gasteiger partial charge in [0.1, 0.15) is 5.82 Å². The lowest BCUT2D eigenvalue weighted by atomic mass is 9.95. The summed E-state index contributed by atoms with van der Waals surface area (Å²) in [4.78, 5) is 4.44. The van der Waals surface area contributed by atoms with Crippen LogP contribution in [0.2, 0.25) is 5.02 Å². The van der Waals surface area contributed by atoms with E-state index >= 15 is 0 Å². The van der Waals surface area contributed by atoms with Gasteiger partial charge in [0.2, 0.25) is 0 Å². The van der Waals surface area contributed by atoms with Crippen LogP contribution in [0.25, 0.3) is 11.6 Å². The molecule has 22 heavy (non-hydrogen) atoms. The first-order chi connectivity index (χ1) is 10.8. The van der Waals surface area contributed by atoms with Gasteiger partial charge in [0.25, 0.3) is 0 Å². The highest BCUT2D eigenvalue weighted by atomic mass is 35.5. The van der Waals surface area contributed by atoms with E-state index in [-0.39, 0.29) is 0 Å². The van der Waals surface area contributed by atoms with Gasteiger partial charge in [-0.1, -0.05) is 41.9 Å². The van der Waals surface area contributed by atoms with Crippen LogP contribution in [0.5, 0.6) is 0 Å².